The first kappa shape index (κ1) is 14.4. The van der Waals surface area contributed by atoms with Crippen LogP contribution in [0.25, 0.3) is 0 Å². The summed E-state index contributed by atoms with van der Waals surface area (Å²) in [6.45, 7) is 0.437. The zero-order valence-corrected chi connectivity index (χ0v) is 8.68. The summed E-state index contributed by atoms with van der Waals surface area (Å²) in [5.74, 6) is 0. The number of nitrogens with two attached hydrogens (primary N) is 2. The Hall–Kier alpha value is -0.150. The van der Waals surface area contributed by atoms with Crippen LogP contribution in [0.15, 0.2) is 18.2 Å². The second-order valence-corrected chi connectivity index (χ2v) is 2.42. The summed E-state index contributed by atoms with van der Waals surface area (Å²) < 4.78 is 0. The highest BCUT2D eigenvalue weighted by atomic mass is 35.5. The molecular weight excluding hydrogens is 218 g/mol. The zero-order valence-electron chi connectivity index (χ0n) is 6.29. The minimum Gasteiger partial charge on any atom is -0.397 e. The Morgan fingerprint density at radius 1 is 1.25 bits per heavy atom. The standard InChI is InChI=1S/C7H9ClN2.2ClH/c8-6-3-1-2-5(4-9)7(6)10;;/h1-3H,4,9-10H2;2*1H. The van der Waals surface area contributed by atoms with Gasteiger partial charge in [0.1, 0.15) is 0 Å². The maximum absolute atomic E-state index is 5.71. The topological polar surface area (TPSA) is 52.0 Å². The van der Waals surface area contributed by atoms with Gasteiger partial charge in [0.2, 0.25) is 0 Å². The average Bonchev–Trinajstić information content (AvgIpc) is 1.95. The third kappa shape index (κ3) is 3.07. The van der Waals surface area contributed by atoms with E-state index in [0.29, 0.717) is 17.3 Å². The summed E-state index contributed by atoms with van der Waals surface area (Å²) in [4.78, 5) is 0. The number of benzene rings is 1. The van der Waals surface area contributed by atoms with E-state index in [0.717, 1.165) is 5.56 Å². The second kappa shape index (κ2) is 6.38. The van der Waals surface area contributed by atoms with Crippen molar-refractivity contribution in [3.63, 3.8) is 0 Å². The van der Waals surface area contributed by atoms with Gasteiger partial charge in [-0.1, -0.05) is 23.7 Å². The van der Waals surface area contributed by atoms with Crippen LogP contribution in [-0.2, 0) is 6.54 Å². The highest BCUT2D eigenvalue weighted by Gasteiger charge is 1.98. The first-order valence-electron chi connectivity index (χ1n) is 2.98. The van der Waals surface area contributed by atoms with E-state index in [1.807, 2.05) is 12.1 Å². The molecule has 5 heteroatoms. The molecule has 0 unspecified atom stereocenters. The zero-order chi connectivity index (χ0) is 7.56. The monoisotopic (exact) mass is 228 g/mol. The minimum atomic E-state index is 0. The first-order valence-corrected chi connectivity index (χ1v) is 3.36. The highest BCUT2D eigenvalue weighted by molar-refractivity contribution is 6.33. The van der Waals surface area contributed by atoms with E-state index in [1.165, 1.54) is 0 Å². The molecule has 0 saturated carbocycles. The van der Waals surface area contributed by atoms with Gasteiger partial charge in [0.15, 0.2) is 0 Å². The molecule has 0 aliphatic rings. The number of anilines is 1. The van der Waals surface area contributed by atoms with Gasteiger partial charge in [0.25, 0.3) is 0 Å². The lowest BCUT2D eigenvalue weighted by atomic mass is 10.2. The van der Waals surface area contributed by atoms with Crippen LogP contribution in [-0.4, -0.2) is 0 Å². The van der Waals surface area contributed by atoms with Crippen molar-refractivity contribution in [3.05, 3.63) is 28.8 Å². The summed E-state index contributed by atoms with van der Waals surface area (Å²) >= 11 is 5.71. The predicted octanol–water partition coefficient (Wildman–Crippen LogP) is 2.22. The number of para-hydroxylation sites is 1. The van der Waals surface area contributed by atoms with Crippen LogP contribution < -0.4 is 11.5 Å². The van der Waals surface area contributed by atoms with Gasteiger partial charge in [0.05, 0.1) is 10.7 Å². The summed E-state index contributed by atoms with van der Waals surface area (Å²) in [6, 6.07) is 5.44. The maximum Gasteiger partial charge on any atom is 0.0638 e. The Morgan fingerprint density at radius 3 is 2.25 bits per heavy atom. The van der Waals surface area contributed by atoms with Crippen molar-refractivity contribution < 1.29 is 0 Å². The first-order chi connectivity index (χ1) is 4.75. The average molecular weight is 230 g/mol. The fraction of sp³-hybridized carbons (Fsp3) is 0.143. The second-order valence-electron chi connectivity index (χ2n) is 2.02. The molecular formula is C7H11Cl3N2. The van der Waals surface area contributed by atoms with Crippen molar-refractivity contribution in [1.29, 1.82) is 0 Å². The summed E-state index contributed by atoms with van der Waals surface area (Å²) in [5, 5.41) is 0.572. The number of nitrogen functional groups attached to an aromatic ring is 1. The molecule has 0 aliphatic heterocycles. The minimum absolute atomic E-state index is 0. The molecule has 0 aromatic heterocycles. The molecule has 1 aromatic rings. The third-order valence-corrected chi connectivity index (χ3v) is 1.69. The Bertz CT molecular complexity index is 240. The van der Waals surface area contributed by atoms with Crippen molar-refractivity contribution in [3.8, 4) is 0 Å². The molecule has 0 aliphatic carbocycles. The van der Waals surface area contributed by atoms with Crippen LogP contribution in [0.2, 0.25) is 5.02 Å². The number of hydrogen-bond donors (Lipinski definition) is 2. The molecule has 1 rings (SSSR count). The lowest BCUT2D eigenvalue weighted by molar-refractivity contribution is 1.08. The van der Waals surface area contributed by atoms with E-state index >= 15 is 0 Å². The molecule has 0 saturated heterocycles. The smallest absolute Gasteiger partial charge is 0.0638 e. The lowest BCUT2D eigenvalue weighted by Crippen LogP contribution is -2.01. The number of rotatable bonds is 1. The SMILES string of the molecule is Cl.Cl.NCc1cccc(Cl)c1N. The van der Waals surface area contributed by atoms with Crippen molar-refractivity contribution in [2.75, 3.05) is 5.73 Å². The molecule has 0 amide bonds. The van der Waals surface area contributed by atoms with Gasteiger partial charge in [-0.25, -0.2) is 0 Å². The fourth-order valence-electron chi connectivity index (χ4n) is 0.760. The van der Waals surface area contributed by atoms with Crippen molar-refractivity contribution in [2.45, 2.75) is 6.54 Å². The Morgan fingerprint density at radius 2 is 1.83 bits per heavy atom. The van der Waals surface area contributed by atoms with E-state index in [-0.39, 0.29) is 24.8 Å². The molecule has 0 fully saturated rings. The molecule has 2 nitrogen and oxygen atoms in total. The van der Waals surface area contributed by atoms with Crippen molar-refractivity contribution >= 4 is 42.1 Å². The summed E-state index contributed by atoms with van der Waals surface area (Å²) in [7, 11) is 0. The molecule has 0 heterocycles. The molecule has 12 heavy (non-hydrogen) atoms. The van der Waals surface area contributed by atoms with Crippen molar-refractivity contribution in [2.24, 2.45) is 5.73 Å². The van der Waals surface area contributed by atoms with E-state index in [2.05, 4.69) is 0 Å². The van der Waals surface area contributed by atoms with Gasteiger partial charge >= 0.3 is 0 Å². The quantitative estimate of drug-likeness (QED) is 0.726. The third-order valence-electron chi connectivity index (χ3n) is 1.36. The van der Waals surface area contributed by atoms with Crippen LogP contribution in [0.3, 0.4) is 0 Å². The van der Waals surface area contributed by atoms with E-state index < -0.39 is 0 Å². The van der Waals surface area contributed by atoms with Crippen LogP contribution in [0.5, 0.6) is 0 Å². The van der Waals surface area contributed by atoms with E-state index in [4.69, 9.17) is 23.1 Å². The van der Waals surface area contributed by atoms with Gasteiger partial charge in [-0.3, -0.25) is 0 Å². The Kier molecular flexibility index (Phi) is 7.64. The van der Waals surface area contributed by atoms with Gasteiger partial charge in [-0.15, -0.1) is 24.8 Å². The molecule has 0 spiro atoms. The summed E-state index contributed by atoms with van der Waals surface area (Å²) in [5.41, 5.74) is 12.4. The van der Waals surface area contributed by atoms with E-state index in [1.54, 1.807) is 6.07 Å². The van der Waals surface area contributed by atoms with Gasteiger partial charge in [-0.05, 0) is 11.6 Å². The fourth-order valence-corrected chi connectivity index (χ4v) is 0.954. The molecule has 0 bridgehead atoms. The van der Waals surface area contributed by atoms with Crippen LogP contribution in [0, 0.1) is 0 Å². The van der Waals surface area contributed by atoms with Crippen LogP contribution >= 0.6 is 36.4 Å². The Labute approximate surface area is 89.1 Å². The van der Waals surface area contributed by atoms with Gasteiger partial charge in [0, 0.05) is 6.54 Å². The lowest BCUT2D eigenvalue weighted by Gasteiger charge is -2.02. The van der Waals surface area contributed by atoms with Crippen LogP contribution in [0.4, 0.5) is 5.69 Å². The molecule has 0 radical (unpaired) electrons. The normalized spacial score (nSPS) is 8.17. The Balaban J connectivity index is 0. The van der Waals surface area contributed by atoms with Crippen LogP contribution in [0.1, 0.15) is 5.56 Å². The molecule has 1 aromatic carbocycles. The maximum atomic E-state index is 5.71. The largest absolute Gasteiger partial charge is 0.397 e. The predicted molar refractivity (Wildman–Crippen MR) is 58.3 cm³/mol. The van der Waals surface area contributed by atoms with Gasteiger partial charge in [-0.2, -0.15) is 0 Å². The van der Waals surface area contributed by atoms with Gasteiger partial charge < -0.3 is 11.5 Å². The summed E-state index contributed by atoms with van der Waals surface area (Å²) in [6.07, 6.45) is 0. The molecule has 4 N–H and O–H groups in total. The highest BCUT2D eigenvalue weighted by Crippen LogP contribution is 2.21. The number of hydrogen-bond acceptors (Lipinski definition) is 2. The molecule has 0 atom stereocenters. The number of halogens is 3. The van der Waals surface area contributed by atoms with E-state index in [9.17, 15) is 0 Å². The molecule has 70 valence electrons. The van der Waals surface area contributed by atoms with Crippen molar-refractivity contribution in [1.82, 2.24) is 0 Å².